The van der Waals surface area contributed by atoms with Gasteiger partial charge in [-0.2, -0.15) is 0 Å². The van der Waals surface area contributed by atoms with Gasteiger partial charge in [-0.15, -0.1) is 0 Å². The van der Waals surface area contributed by atoms with Gasteiger partial charge in [0.1, 0.15) is 0 Å². The minimum atomic E-state index is 0.403. The molecule has 2 aliphatic rings. The summed E-state index contributed by atoms with van der Waals surface area (Å²) in [5, 5.41) is 0. The van der Waals surface area contributed by atoms with Crippen LogP contribution in [-0.2, 0) is 9.47 Å². The third-order valence-corrected chi connectivity index (χ3v) is 2.93. The van der Waals surface area contributed by atoms with E-state index in [0.29, 0.717) is 24.0 Å². The Hall–Kier alpha value is -0.0800. The van der Waals surface area contributed by atoms with Gasteiger partial charge in [0.2, 0.25) is 0 Å². The number of fused-ring (bicyclic) bond motifs is 1. The van der Waals surface area contributed by atoms with E-state index in [2.05, 4.69) is 13.8 Å². The van der Waals surface area contributed by atoms with Gasteiger partial charge in [-0.1, -0.05) is 13.8 Å². The molecule has 4 unspecified atom stereocenters. The molecule has 0 saturated carbocycles. The summed E-state index contributed by atoms with van der Waals surface area (Å²) < 4.78 is 11.3. The van der Waals surface area contributed by atoms with E-state index in [1.165, 1.54) is 6.42 Å². The molecule has 0 aliphatic carbocycles. The molecule has 0 radical (unpaired) electrons. The lowest BCUT2D eigenvalue weighted by Gasteiger charge is -2.13. The Bertz CT molecular complexity index is 146. The van der Waals surface area contributed by atoms with Crippen molar-refractivity contribution >= 4 is 0 Å². The van der Waals surface area contributed by atoms with Crippen molar-refractivity contribution in [3.8, 4) is 0 Å². The lowest BCUT2D eigenvalue weighted by molar-refractivity contribution is 0.0610. The number of rotatable bonds is 1. The molecule has 2 fully saturated rings. The maximum absolute atomic E-state index is 5.67. The highest BCUT2D eigenvalue weighted by molar-refractivity contribution is 4.91. The predicted octanol–water partition coefficient (Wildman–Crippen LogP) is 1.45. The van der Waals surface area contributed by atoms with Gasteiger partial charge in [0.15, 0.2) is 0 Å². The molecule has 2 aliphatic heterocycles. The minimum Gasteiger partial charge on any atom is -0.375 e. The standard InChI is InChI=1S/C9H16O2/c1-3-7-5-11-8-6(2)4-10-9(7)8/h6-9H,3-5H2,1-2H3. The number of hydrogen-bond acceptors (Lipinski definition) is 2. The van der Waals surface area contributed by atoms with Gasteiger partial charge >= 0.3 is 0 Å². The van der Waals surface area contributed by atoms with Gasteiger partial charge in [0.05, 0.1) is 25.4 Å². The molecule has 0 aromatic heterocycles. The molecule has 0 N–H and O–H groups in total. The van der Waals surface area contributed by atoms with Crippen LogP contribution in [0.15, 0.2) is 0 Å². The first kappa shape index (κ1) is 7.56. The molecule has 4 atom stereocenters. The van der Waals surface area contributed by atoms with E-state index in [1.807, 2.05) is 0 Å². The van der Waals surface area contributed by atoms with Crippen LogP contribution in [0.4, 0.5) is 0 Å². The summed E-state index contributed by atoms with van der Waals surface area (Å²) in [6, 6.07) is 0. The lowest BCUT2D eigenvalue weighted by atomic mass is 9.96. The molecule has 0 aromatic carbocycles. The van der Waals surface area contributed by atoms with Crippen LogP contribution in [0.1, 0.15) is 20.3 Å². The summed E-state index contributed by atoms with van der Waals surface area (Å²) in [4.78, 5) is 0. The molecule has 2 rings (SSSR count). The largest absolute Gasteiger partial charge is 0.375 e. The quantitative estimate of drug-likeness (QED) is 0.572. The highest BCUT2D eigenvalue weighted by atomic mass is 16.6. The Morgan fingerprint density at radius 3 is 2.64 bits per heavy atom. The van der Waals surface area contributed by atoms with Crippen LogP contribution in [-0.4, -0.2) is 25.4 Å². The number of ether oxygens (including phenoxy) is 2. The molecular weight excluding hydrogens is 140 g/mol. The Morgan fingerprint density at radius 2 is 1.91 bits per heavy atom. The first-order valence-electron chi connectivity index (χ1n) is 4.56. The smallest absolute Gasteiger partial charge is 0.0890 e. The average molecular weight is 156 g/mol. The third-order valence-electron chi connectivity index (χ3n) is 2.93. The molecule has 0 aromatic rings. The van der Waals surface area contributed by atoms with Crippen molar-refractivity contribution in [1.29, 1.82) is 0 Å². The van der Waals surface area contributed by atoms with E-state index in [-0.39, 0.29) is 0 Å². The van der Waals surface area contributed by atoms with E-state index < -0.39 is 0 Å². The van der Waals surface area contributed by atoms with Gasteiger partial charge in [0, 0.05) is 11.8 Å². The third kappa shape index (κ3) is 1.09. The first-order chi connectivity index (χ1) is 5.33. The van der Waals surface area contributed by atoms with E-state index in [1.54, 1.807) is 0 Å². The van der Waals surface area contributed by atoms with Gasteiger partial charge in [-0.3, -0.25) is 0 Å². The molecule has 2 heterocycles. The van der Waals surface area contributed by atoms with Gasteiger partial charge in [-0.05, 0) is 6.42 Å². The normalized spacial score (nSPS) is 49.6. The van der Waals surface area contributed by atoms with Crippen molar-refractivity contribution < 1.29 is 9.47 Å². The van der Waals surface area contributed by atoms with Gasteiger partial charge in [-0.25, -0.2) is 0 Å². The summed E-state index contributed by atoms with van der Waals surface area (Å²) in [7, 11) is 0. The molecule has 11 heavy (non-hydrogen) atoms. The highest BCUT2D eigenvalue weighted by Crippen LogP contribution is 2.35. The predicted molar refractivity (Wildman–Crippen MR) is 42.4 cm³/mol. The van der Waals surface area contributed by atoms with Crippen LogP contribution < -0.4 is 0 Å². The van der Waals surface area contributed by atoms with Crippen LogP contribution in [0.25, 0.3) is 0 Å². The molecule has 0 amide bonds. The molecular formula is C9H16O2. The lowest BCUT2D eigenvalue weighted by Crippen LogP contribution is -2.24. The summed E-state index contributed by atoms with van der Waals surface area (Å²) >= 11 is 0. The maximum Gasteiger partial charge on any atom is 0.0890 e. The van der Waals surface area contributed by atoms with E-state index in [0.717, 1.165) is 13.2 Å². The fraction of sp³-hybridized carbons (Fsp3) is 1.00. The fourth-order valence-electron chi connectivity index (χ4n) is 2.12. The Kier molecular flexibility index (Phi) is 1.90. The molecule has 2 heteroatoms. The second kappa shape index (κ2) is 2.76. The van der Waals surface area contributed by atoms with Crippen molar-refractivity contribution in [1.82, 2.24) is 0 Å². The number of hydrogen-bond donors (Lipinski definition) is 0. The van der Waals surface area contributed by atoms with E-state index >= 15 is 0 Å². The molecule has 0 bridgehead atoms. The SMILES string of the molecule is CCC1COC2C(C)COC12. The minimum absolute atomic E-state index is 0.403. The zero-order valence-corrected chi connectivity index (χ0v) is 7.25. The Morgan fingerprint density at radius 1 is 1.18 bits per heavy atom. The van der Waals surface area contributed by atoms with Crippen molar-refractivity contribution in [2.75, 3.05) is 13.2 Å². The van der Waals surface area contributed by atoms with E-state index in [4.69, 9.17) is 9.47 Å². The summed E-state index contributed by atoms with van der Waals surface area (Å²) in [6.45, 7) is 6.23. The van der Waals surface area contributed by atoms with Crippen LogP contribution in [0.5, 0.6) is 0 Å². The maximum atomic E-state index is 5.67. The molecule has 2 saturated heterocycles. The highest BCUT2D eigenvalue weighted by Gasteiger charge is 2.44. The van der Waals surface area contributed by atoms with Crippen molar-refractivity contribution in [2.45, 2.75) is 32.5 Å². The summed E-state index contributed by atoms with van der Waals surface area (Å²) in [5.41, 5.74) is 0. The second-order valence-corrected chi connectivity index (χ2v) is 3.74. The Balaban J connectivity index is 2.04. The summed E-state index contributed by atoms with van der Waals surface area (Å²) in [5.74, 6) is 1.27. The average Bonchev–Trinajstić information content (AvgIpc) is 2.53. The monoisotopic (exact) mass is 156 g/mol. The van der Waals surface area contributed by atoms with Gasteiger partial charge in [0.25, 0.3) is 0 Å². The van der Waals surface area contributed by atoms with Crippen LogP contribution in [0, 0.1) is 11.8 Å². The molecule has 0 spiro atoms. The fourth-order valence-corrected chi connectivity index (χ4v) is 2.12. The second-order valence-electron chi connectivity index (χ2n) is 3.74. The zero-order valence-electron chi connectivity index (χ0n) is 7.25. The van der Waals surface area contributed by atoms with Crippen LogP contribution in [0.2, 0.25) is 0 Å². The van der Waals surface area contributed by atoms with Gasteiger partial charge < -0.3 is 9.47 Å². The topological polar surface area (TPSA) is 18.5 Å². The first-order valence-corrected chi connectivity index (χ1v) is 4.56. The van der Waals surface area contributed by atoms with Crippen LogP contribution in [0.3, 0.4) is 0 Å². The van der Waals surface area contributed by atoms with Crippen LogP contribution >= 0.6 is 0 Å². The van der Waals surface area contributed by atoms with Crippen molar-refractivity contribution in [3.05, 3.63) is 0 Å². The summed E-state index contributed by atoms with van der Waals surface area (Å²) in [6.07, 6.45) is 2.00. The zero-order chi connectivity index (χ0) is 7.84. The molecule has 64 valence electrons. The van der Waals surface area contributed by atoms with Crippen molar-refractivity contribution in [2.24, 2.45) is 11.8 Å². The Labute approximate surface area is 67.9 Å². The van der Waals surface area contributed by atoms with Crippen molar-refractivity contribution in [3.63, 3.8) is 0 Å². The van der Waals surface area contributed by atoms with E-state index in [9.17, 15) is 0 Å². The molecule has 2 nitrogen and oxygen atoms in total.